The van der Waals surface area contributed by atoms with Crippen LogP contribution < -0.4 is 10.2 Å². The summed E-state index contributed by atoms with van der Waals surface area (Å²) in [5, 5.41) is 24.7. The first-order valence-electron chi connectivity index (χ1n) is 13.9. The molecule has 0 bridgehead atoms. The van der Waals surface area contributed by atoms with E-state index in [1.54, 1.807) is 23.9 Å². The lowest BCUT2D eigenvalue weighted by Gasteiger charge is -2.32. The van der Waals surface area contributed by atoms with Gasteiger partial charge in [0.1, 0.15) is 5.37 Å². The first-order chi connectivity index (χ1) is 21.8. The number of nitro groups is 2. The summed E-state index contributed by atoms with van der Waals surface area (Å²) < 4.78 is 0. The Labute approximate surface area is 266 Å². The van der Waals surface area contributed by atoms with Crippen LogP contribution in [-0.2, 0) is 4.79 Å². The normalized spacial score (nSPS) is 16.3. The number of para-hydroxylation sites is 2. The van der Waals surface area contributed by atoms with Crippen molar-refractivity contribution in [3.05, 3.63) is 133 Å². The third kappa shape index (κ3) is 6.26. The number of thioether (sulfide) groups is 1. The Balaban J connectivity index is 1.21. The fourth-order valence-corrected chi connectivity index (χ4v) is 7.49. The van der Waals surface area contributed by atoms with Crippen molar-refractivity contribution in [3.63, 3.8) is 0 Å². The van der Waals surface area contributed by atoms with Crippen molar-refractivity contribution in [2.45, 2.75) is 21.6 Å². The Kier molecular flexibility index (Phi) is 8.54. The number of nitrogens with zero attached hydrogens (tertiary/aromatic N) is 4. The molecule has 0 saturated carbocycles. The van der Waals surface area contributed by atoms with E-state index in [1.807, 2.05) is 24.3 Å². The maximum absolute atomic E-state index is 13.6. The lowest BCUT2D eigenvalue weighted by Crippen LogP contribution is -2.42. The summed E-state index contributed by atoms with van der Waals surface area (Å²) in [7, 11) is 0. The van der Waals surface area contributed by atoms with Gasteiger partial charge in [-0.3, -0.25) is 25.0 Å². The Hall–Kier alpha value is -5.14. The smallest absolute Gasteiger partial charge is 0.325 e. The summed E-state index contributed by atoms with van der Waals surface area (Å²) in [5.74, 6) is -0.601. The van der Waals surface area contributed by atoms with Crippen molar-refractivity contribution < 1.29 is 19.4 Å². The van der Waals surface area contributed by atoms with Crippen molar-refractivity contribution in [2.75, 3.05) is 18.0 Å². The lowest BCUT2D eigenvalue weighted by atomic mass is 10.1. The minimum absolute atomic E-state index is 0.137. The SMILES string of the molecule is O=C(NCCCN1c2ccccc2Sc2ccccc21)N1C(=O)/C(=C/c2cccc([N+](=O)[O-])c2)SC1c1cccc([N+](=O)[O-])c1. The molecule has 45 heavy (non-hydrogen) atoms. The predicted octanol–water partition coefficient (Wildman–Crippen LogP) is 7.52. The molecule has 4 aromatic rings. The molecular formula is C32H25N5O6S2. The molecule has 1 N–H and O–H groups in total. The number of non-ortho nitro benzene ring substituents is 2. The summed E-state index contributed by atoms with van der Waals surface area (Å²) in [6.45, 7) is 0.886. The Morgan fingerprint density at radius 3 is 2.13 bits per heavy atom. The lowest BCUT2D eigenvalue weighted by molar-refractivity contribution is -0.385. The molecule has 2 aliphatic rings. The predicted molar refractivity (Wildman–Crippen MR) is 173 cm³/mol. The molecule has 1 fully saturated rings. The van der Waals surface area contributed by atoms with E-state index >= 15 is 0 Å². The highest BCUT2D eigenvalue weighted by Crippen LogP contribution is 2.48. The third-order valence-electron chi connectivity index (χ3n) is 7.23. The van der Waals surface area contributed by atoms with Gasteiger partial charge in [-0.05, 0) is 47.9 Å². The summed E-state index contributed by atoms with van der Waals surface area (Å²) in [5.41, 5.74) is 2.68. The molecule has 1 unspecified atom stereocenters. The van der Waals surface area contributed by atoms with Gasteiger partial charge in [-0.25, -0.2) is 9.69 Å². The number of amides is 3. The number of hydrogen-bond acceptors (Lipinski definition) is 9. The van der Waals surface area contributed by atoms with Gasteiger partial charge in [-0.2, -0.15) is 0 Å². The minimum Gasteiger partial charge on any atom is -0.340 e. The van der Waals surface area contributed by atoms with Crippen molar-refractivity contribution in [2.24, 2.45) is 0 Å². The van der Waals surface area contributed by atoms with Gasteiger partial charge in [0.25, 0.3) is 17.3 Å². The second-order valence-corrected chi connectivity index (χ2v) is 12.3. The molecule has 0 aliphatic carbocycles. The third-order valence-corrected chi connectivity index (χ3v) is 9.62. The van der Waals surface area contributed by atoms with Gasteiger partial charge < -0.3 is 10.2 Å². The zero-order chi connectivity index (χ0) is 31.5. The number of nitro benzene ring substituents is 2. The van der Waals surface area contributed by atoms with Gasteiger partial charge in [0.2, 0.25) is 0 Å². The van der Waals surface area contributed by atoms with E-state index < -0.39 is 27.2 Å². The molecule has 0 spiro atoms. The molecule has 11 nitrogen and oxygen atoms in total. The number of anilines is 2. The average molecular weight is 640 g/mol. The molecule has 2 heterocycles. The Bertz CT molecular complexity index is 1820. The molecule has 226 valence electrons. The van der Waals surface area contributed by atoms with Crippen LogP contribution in [-0.4, -0.2) is 39.8 Å². The van der Waals surface area contributed by atoms with E-state index in [9.17, 15) is 29.8 Å². The topological polar surface area (TPSA) is 139 Å². The molecule has 0 aromatic heterocycles. The molecule has 3 amide bonds. The second kappa shape index (κ2) is 12.8. The van der Waals surface area contributed by atoms with E-state index in [0.717, 1.165) is 37.8 Å². The average Bonchev–Trinajstić information content (AvgIpc) is 3.37. The first-order valence-corrected chi connectivity index (χ1v) is 15.6. The van der Waals surface area contributed by atoms with Gasteiger partial charge in [0, 0.05) is 47.1 Å². The number of urea groups is 1. The summed E-state index contributed by atoms with van der Waals surface area (Å²) in [6, 6.07) is 27.2. The number of rotatable bonds is 8. The van der Waals surface area contributed by atoms with Crippen LogP contribution in [0.15, 0.2) is 112 Å². The molecule has 1 atom stereocenters. The molecule has 6 rings (SSSR count). The van der Waals surface area contributed by atoms with Gasteiger partial charge in [0.15, 0.2) is 0 Å². The quantitative estimate of drug-likeness (QED) is 0.0897. The van der Waals surface area contributed by atoms with E-state index in [1.165, 1.54) is 42.5 Å². The first kappa shape index (κ1) is 29.9. The number of fused-ring (bicyclic) bond motifs is 2. The van der Waals surface area contributed by atoms with Crippen molar-refractivity contribution >= 4 is 64.3 Å². The number of imide groups is 1. The monoisotopic (exact) mass is 639 g/mol. The van der Waals surface area contributed by atoms with Gasteiger partial charge in [0.05, 0.1) is 26.1 Å². The number of benzene rings is 4. The number of hydrogen-bond donors (Lipinski definition) is 1. The van der Waals surface area contributed by atoms with Crippen LogP contribution in [0.1, 0.15) is 22.9 Å². The van der Waals surface area contributed by atoms with Crippen LogP contribution in [0.3, 0.4) is 0 Å². The van der Waals surface area contributed by atoms with Gasteiger partial charge >= 0.3 is 6.03 Å². The highest BCUT2D eigenvalue weighted by molar-refractivity contribution is 8.04. The van der Waals surface area contributed by atoms with Crippen LogP contribution in [0.2, 0.25) is 0 Å². The van der Waals surface area contributed by atoms with Crippen LogP contribution in [0.25, 0.3) is 6.08 Å². The van der Waals surface area contributed by atoms with Crippen molar-refractivity contribution in [1.29, 1.82) is 0 Å². The van der Waals surface area contributed by atoms with Gasteiger partial charge in [-0.15, -0.1) is 0 Å². The highest BCUT2D eigenvalue weighted by atomic mass is 32.2. The number of nitrogens with one attached hydrogen (secondary N) is 1. The molecule has 1 saturated heterocycles. The van der Waals surface area contributed by atoms with Crippen molar-refractivity contribution in [3.8, 4) is 0 Å². The Morgan fingerprint density at radius 2 is 1.47 bits per heavy atom. The van der Waals surface area contributed by atoms with Gasteiger partial charge in [-0.1, -0.05) is 72.1 Å². The van der Waals surface area contributed by atoms with E-state index in [4.69, 9.17) is 0 Å². The van der Waals surface area contributed by atoms with E-state index in [2.05, 4.69) is 34.5 Å². The van der Waals surface area contributed by atoms with Crippen LogP contribution >= 0.6 is 23.5 Å². The van der Waals surface area contributed by atoms with Crippen LogP contribution in [0, 0.1) is 20.2 Å². The maximum atomic E-state index is 13.6. The fourth-order valence-electron chi connectivity index (χ4n) is 5.17. The fraction of sp³-hybridized carbons (Fsp3) is 0.125. The second-order valence-electron chi connectivity index (χ2n) is 10.1. The molecule has 0 radical (unpaired) electrons. The summed E-state index contributed by atoms with van der Waals surface area (Å²) >= 11 is 2.77. The maximum Gasteiger partial charge on any atom is 0.325 e. The van der Waals surface area contributed by atoms with Crippen LogP contribution in [0.4, 0.5) is 27.5 Å². The summed E-state index contributed by atoms with van der Waals surface area (Å²) in [4.78, 5) is 54.6. The van der Waals surface area contributed by atoms with E-state index in [0.29, 0.717) is 24.1 Å². The highest BCUT2D eigenvalue weighted by Gasteiger charge is 2.41. The number of carbonyl (C=O) groups excluding carboxylic acids is 2. The number of carbonyl (C=O) groups is 2. The molecule has 13 heteroatoms. The Morgan fingerprint density at radius 1 is 0.844 bits per heavy atom. The van der Waals surface area contributed by atoms with Crippen LogP contribution in [0.5, 0.6) is 0 Å². The van der Waals surface area contributed by atoms with E-state index in [-0.39, 0.29) is 22.8 Å². The molecule has 2 aliphatic heterocycles. The standard InChI is InChI=1S/C32H25N5O6S2/c38-30-29(19-21-8-5-10-23(18-21)36(40)41)45-31(22-9-6-11-24(20-22)37(42)43)35(30)32(39)33-16-7-17-34-25-12-1-3-14-27(25)44-28-15-4-2-13-26(28)34/h1-6,8-15,18-20,31H,7,16-17H2,(H,33,39)/b29-19-. The zero-order valence-corrected chi connectivity index (χ0v) is 25.2. The molecule has 4 aromatic carbocycles. The largest absolute Gasteiger partial charge is 0.340 e. The molecular weight excluding hydrogens is 615 g/mol. The van der Waals surface area contributed by atoms with Crippen molar-refractivity contribution in [1.82, 2.24) is 10.2 Å². The zero-order valence-electron chi connectivity index (χ0n) is 23.6. The summed E-state index contributed by atoms with van der Waals surface area (Å²) in [6.07, 6.45) is 2.06. The minimum atomic E-state index is -0.875.